The lowest BCUT2D eigenvalue weighted by molar-refractivity contribution is -0.384. The molecule has 2 amide bonds. The van der Waals surface area contributed by atoms with Gasteiger partial charge in [-0.25, -0.2) is 0 Å². The molecule has 0 spiro atoms. The van der Waals surface area contributed by atoms with Crippen molar-refractivity contribution in [3.63, 3.8) is 0 Å². The van der Waals surface area contributed by atoms with Gasteiger partial charge in [0, 0.05) is 18.7 Å². The van der Waals surface area contributed by atoms with E-state index in [0.717, 1.165) is 4.90 Å². The Morgan fingerprint density at radius 1 is 0.833 bits per heavy atom. The number of benzene rings is 3. The molecule has 2 N–H and O–H groups in total. The van der Waals surface area contributed by atoms with Crippen LogP contribution < -0.4 is 5.73 Å². The van der Waals surface area contributed by atoms with E-state index < -0.39 is 4.92 Å². The maximum atomic E-state index is 12.2. The average molecular weight is 403 g/mol. The van der Waals surface area contributed by atoms with Gasteiger partial charge in [-0.2, -0.15) is 0 Å². The predicted molar refractivity (Wildman–Crippen MR) is 113 cm³/mol. The first-order valence-corrected chi connectivity index (χ1v) is 9.35. The van der Waals surface area contributed by atoms with E-state index in [2.05, 4.69) is 31.2 Å². The molecule has 30 heavy (non-hydrogen) atoms. The number of amides is 2. The fourth-order valence-corrected chi connectivity index (χ4v) is 3.01. The summed E-state index contributed by atoms with van der Waals surface area (Å²) in [7, 11) is 0. The lowest BCUT2D eigenvalue weighted by atomic mass is 10.1. The van der Waals surface area contributed by atoms with Gasteiger partial charge in [0.05, 0.1) is 22.6 Å². The Morgan fingerprint density at radius 2 is 1.33 bits per heavy atom. The van der Waals surface area contributed by atoms with Crippen molar-refractivity contribution in [2.24, 2.45) is 5.73 Å². The van der Waals surface area contributed by atoms with E-state index in [1.807, 2.05) is 0 Å². The van der Waals surface area contributed by atoms with Crippen LogP contribution in [0.2, 0.25) is 0 Å². The van der Waals surface area contributed by atoms with Crippen molar-refractivity contribution in [1.29, 1.82) is 0 Å². The molecule has 0 fully saturated rings. The minimum atomic E-state index is -0.494. The first kappa shape index (κ1) is 20.9. The molecule has 7 heteroatoms. The van der Waals surface area contributed by atoms with Crippen LogP contribution in [0.4, 0.5) is 5.69 Å². The summed E-state index contributed by atoms with van der Waals surface area (Å²) in [4.78, 5) is 35.6. The molecule has 0 bridgehead atoms. The van der Waals surface area contributed by atoms with E-state index in [1.54, 1.807) is 36.4 Å². The van der Waals surface area contributed by atoms with Crippen molar-refractivity contribution < 1.29 is 14.5 Å². The molecule has 0 radical (unpaired) electrons. The summed E-state index contributed by atoms with van der Waals surface area (Å²) in [6.07, 6.45) is 0. The van der Waals surface area contributed by atoms with Crippen molar-refractivity contribution in [2.75, 3.05) is 0 Å². The second-order valence-corrected chi connectivity index (χ2v) is 6.86. The highest BCUT2D eigenvalue weighted by molar-refractivity contribution is 6.21. The predicted octanol–water partition coefficient (Wildman–Crippen LogP) is 3.84. The van der Waals surface area contributed by atoms with Crippen LogP contribution in [0.3, 0.4) is 0 Å². The molecule has 3 aromatic carbocycles. The highest BCUT2D eigenvalue weighted by atomic mass is 16.6. The lowest BCUT2D eigenvalue weighted by Crippen LogP contribution is -2.29. The zero-order valence-electron chi connectivity index (χ0n) is 16.4. The molecule has 1 aliphatic rings. The molecular formula is C23H21N3O4. The van der Waals surface area contributed by atoms with Crippen LogP contribution in [-0.4, -0.2) is 21.6 Å². The fourth-order valence-electron chi connectivity index (χ4n) is 3.01. The molecule has 7 nitrogen and oxygen atoms in total. The number of fused-ring (bicyclic) bond motifs is 1. The van der Waals surface area contributed by atoms with Gasteiger partial charge in [-0.15, -0.1) is 0 Å². The van der Waals surface area contributed by atoms with Gasteiger partial charge in [0.25, 0.3) is 17.5 Å². The van der Waals surface area contributed by atoms with Gasteiger partial charge in [-0.05, 0) is 30.2 Å². The van der Waals surface area contributed by atoms with E-state index in [4.69, 9.17) is 5.73 Å². The fraction of sp³-hybridized carbons (Fsp3) is 0.130. The highest BCUT2D eigenvalue weighted by Gasteiger charge is 2.34. The Labute approximate surface area is 173 Å². The monoisotopic (exact) mass is 403 g/mol. The molecule has 0 saturated heterocycles. The number of nitrogens with zero attached hydrogens (tertiary/aromatic N) is 2. The summed E-state index contributed by atoms with van der Waals surface area (Å²) in [5, 5.41) is 10.6. The number of nitro groups is 1. The van der Waals surface area contributed by atoms with Crippen LogP contribution >= 0.6 is 0 Å². The summed E-state index contributed by atoms with van der Waals surface area (Å²) in [6, 6.07) is 20.7. The molecular weight excluding hydrogens is 382 g/mol. The summed E-state index contributed by atoms with van der Waals surface area (Å²) in [5.41, 5.74) is 9.30. The number of nitro benzene ring substituents is 1. The van der Waals surface area contributed by atoms with Crippen LogP contribution in [0.1, 0.15) is 37.4 Å². The van der Waals surface area contributed by atoms with E-state index in [0.29, 0.717) is 23.2 Å². The molecule has 1 aliphatic heterocycles. The minimum absolute atomic E-state index is 0.0267. The number of carbonyl (C=O) groups excluding carboxylic acids is 2. The van der Waals surface area contributed by atoms with Crippen molar-refractivity contribution in [3.05, 3.63) is 111 Å². The summed E-state index contributed by atoms with van der Waals surface area (Å²) < 4.78 is 0. The van der Waals surface area contributed by atoms with E-state index in [-0.39, 0.29) is 24.0 Å². The molecule has 3 aromatic rings. The van der Waals surface area contributed by atoms with Crippen LogP contribution in [0, 0.1) is 17.0 Å². The number of non-ortho nitro benzene ring substituents is 1. The van der Waals surface area contributed by atoms with Crippen LogP contribution in [0.5, 0.6) is 0 Å². The smallest absolute Gasteiger partial charge is 0.269 e. The van der Waals surface area contributed by atoms with Gasteiger partial charge in [-0.3, -0.25) is 24.6 Å². The molecule has 1 heterocycles. The second kappa shape index (κ2) is 9.11. The minimum Gasteiger partial charge on any atom is -0.326 e. The number of aryl methyl sites for hydroxylation is 1. The van der Waals surface area contributed by atoms with E-state index in [9.17, 15) is 19.7 Å². The molecule has 0 aliphatic carbocycles. The maximum absolute atomic E-state index is 12.2. The molecule has 0 aromatic heterocycles. The third-order valence-electron chi connectivity index (χ3n) is 4.72. The Balaban J connectivity index is 0.000000239. The Kier molecular flexibility index (Phi) is 6.34. The quantitative estimate of drug-likeness (QED) is 0.405. The van der Waals surface area contributed by atoms with Crippen LogP contribution in [0.25, 0.3) is 0 Å². The summed E-state index contributed by atoms with van der Waals surface area (Å²) >= 11 is 0. The normalized spacial score (nSPS) is 12.3. The number of imide groups is 1. The van der Waals surface area contributed by atoms with Crippen LogP contribution in [-0.2, 0) is 13.1 Å². The maximum Gasteiger partial charge on any atom is 0.269 e. The molecule has 0 unspecified atom stereocenters. The Hall–Kier alpha value is -3.84. The molecule has 4 rings (SSSR count). The molecule has 152 valence electrons. The number of carbonyl (C=O) groups is 2. The van der Waals surface area contributed by atoms with Gasteiger partial charge >= 0.3 is 0 Å². The zero-order chi connectivity index (χ0) is 21.7. The standard InChI is InChI=1S/C15H10N2O4.C8H11N/c18-14-12-3-1-2-4-13(12)15(19)16(14)9-10-5-7-11(8-6-10)17(20)21;1-7-2-4-8(6-9)5-3-7/h1-8H,9H2;2-5H,6,9H2,1H3. The van der Waals surface area contributed by atoms with E-state index >= 15 is 0 Å². The SMILES string of the molecule is Cc1ccc(CN)cc1.O=C1c2ccccc2C(=O)N1Cc1ccc([N+](=O)[O-])cc1. The van der Waals surface area contributed by atoms with Crippen molar-refractivity contribution in [1.82, 2.24) is 4.90 Å². The summed E-state index contributed by atoms with van der Waals surface area (Å²) in [6.45, 7) is 2.81. The van der Waals surface area contributed by atoms with Gasteiger partial charge in [0.1, 0.15) is 0 Å². The van der Waals surface area contributed by atoms with Gasteiger partial charge < -0.3 is 5.73 Å². The number of nitrogens with two attached hydrogens (primary N) is 1. The van der Waals surface area contributed by atoms with Gasteiger partial charge in [0.2, 0.25) is 0 Å². The van der Waals surface area contributed by atoms with Crippen molar-refractivity contribution in [2.45, 2.75) is 20.0 Å². The average Bonchev–Trinajstić information content (AvgIpc) is 3.00. The Morgan fingerprint density at radius 3 is 1.80 bits per heavy atom. The van der Waals surface area contributed by atoms with Gasteiger partial charge in [0.15, 0.2) is 0 Å². The first-order valence-electron chi connectivity index (χ1n) is 9.35. The lowest BCUT2D eigenvalue weighted by Gasteiger charge is -2.13. The third kappa shape index (κ3) is 4.59. The number of hydrogen-bond acceptors (Lipinski definition) is 5. The topological polar surface area (TPSA) is 107 Å². The molecule has 0 saturated carbocycles. The zero-order valence-corrected chi connectivity index (χ0v) is 16.4. The second-order valence-electron chi connectivity index (χ2n) is 6.86. The largest absolute Gasteiger partial charge is 0.326 e. The molecule has 0 atom stereocenters. The van der Waals surface area contributed by atoms with E-state index in [1.165, 1.54) is 23.3 Å². The number of rotatable bonds is 4. The van der Waals surface area contributed by atoms with Gasteiger partial charge in [-0.1, -0.05) is 54.1 Å². The number of hydrogen-bond donors (Lipinski definition) is 1. The van der Waals surface area contributed by atoms with Crippen LogP contribution in [0.15, 0.2) is 72.8 Å². The van der Waals surface area contributed by atoms with Crippen molar-refractivity contribution >= 4 is 17.5 Å². The first-order chi connectivity index (χ1) is 14.4. The summed E-state index contributed by atoms with van der Waals surface area (Å²) in [5.74, 6) is -0.678. The Bertz CT molecular complexity index is 1040. The van der Waals surface area contributed by atoms with Crippen molar-refractivity contribution in [3.8, 4) is 0 Å². The highest BCUT2D eigenvalue weighted by Crippen LogP contribution is 2.24. The third-order valence-corrected chi connectivity index (χ3v) is 4.72.